The second-order valence-corrected chi connectivity index (χ2v) is 4.00. The van der Waals surface area contributed by atoms with Gasteiger partial charge in [0.05, 0.1) is 24.5 Å². The second kappa shape index (κ2) is 3.75. The smallest absolute Gasteiger partial charge is 0.271 e. The molecule has 2 rings (SSSR count). The normalized spacial score (nSPS) is 17.2. The van der Waals surface area contributed by atoms with E-state index in [1.807, 2.05) is 0 Å². The van der Waals surface area contributed by atoms with E-state index in [1.54, 1.807) is 0 Å². The molecule has 15 heavy (non-hydrogen) atoms. The lowest BCUT2D eigenvalue weighted by molar-refractivity contribution is 0.0901. The largest absolute Gasteiger partial charge is 0.394 e. The first-order chi connectivity index (χ1) is 7.15. The average Bonchev–Trinajstić information content (AvgIpc) is 2.99. The number of rotatable bonds is 3. The molecule has 1 fully saturated rings. The molecule has 1 aliphatic rings. The predicted octanol–water partition coefficient (Wildman–Crippen LogP) is 0.385. The molecule has 0 radical (unpaired) electrons. The van der Waals surface area contributed by atoms with Gasteiger partial charge >= 0.3 is 0 Å². The number of carbonyl (C=O) groups excluding carboxylic acids is 1. The van der Waals surface area contributed by atoms with Crippen molar-refractivity contribution < 1.29 is 9.90 Å². The third-order valence-electron chi connectivity index (χ3n) is 2.39. The topological polar surface area (TPSA) is 75.1 Å². The van der Waals surface area contributed by atoms with Crippen molar-refractivity contribution in [2.45, 2.75) is 18.4 Å². The molecule has 0 unspecified atom stereocenters. The van der Waals surface area contributed by atoms with Crippen LogP contribution in [0.1, 0.15) is 23.3 Å². The fraction of sp³-hybridized carbons (Fsp3) is 0.444. The van der Waals surface area contributed by atoms with Crippen LogP contribution >= 0.6 is 11.6 Å². The molecule has 1 aliphatic carbocycles. The van der Waals surface area contributed by atoms with E-state index in [-0.39, 0.29) is 23.4 Å². The molecule has 0 aliphatic heterocycles. The van der Waals surface area contributed by atoms with Crippen molar-refractivity contribution in [3.8, 4) is 0 Å². The minimum Gasteiger partial charge on any atom is -0.394 e. The molecule has 0 saturated heterocycles. The fourth-order valence-corrected chi connectivity index (χ4v) is 1.31. The van der Waals surface area contributed by atoms with Crippen LogP contribution < -0.4 is 5.32 Å². The van der Waals surface area contributed by atoms with E-state index in [0.717, 1.165) is 12.8 Å². The lowest BCUT2D eigenvalue weighted by atomic mass is 10.3. The van der Waals surface area contributed by atoms with E-state index in [1.165, 1.54) is 12.4 Å². The molecule has 6 heteroatoms. The zero-order chi connectivity index (χ0) is 10.9. The molecule has 0 atom stereocenters. The van der Waals surface area contributed by atoms with E-state index >= 15 is 0 Å². The molecule has 0 spiro atoms. The highest BCUT2D eigenvalue weighted by Gasteiger charge is 2.43. The number of aliphatic hydroxyl groups excluding tert-OH is 1. The van der Waals surface area contributed by atoms with Crippen molar-refractivity contribution in [1.29, 1.82) is 0 Å². The van der Waals surface area contributed by atoms with E-state index in [2.05, 4.69) is 15.3 Å². The van der Waals surface area contributed by atoms with Crippen LogP contribution in [0.5, 0.6) is 0 Å². The molecule has 1 saturated carbocycles. The summed E-state index contributed by atoms with van der Waals surface area (Å²) < 4.78 is 0. The number of amides is 1. The Labute approximate surface area is 91.5 Å². The number of nitrogens with one attached hydrogen (secondary N) is 1. The van der Waals surface area contributed by atoms with Crippen LogP contribution in [0, 0.1) is 0 Å². The predicted molar refractivity (Wildman–Crippen MR) is 53.6 cm³/mol. The van der Waals surface area contributed by atoms with Gasteiger partial charge in [-0.05, 0) is 12.8 Å². The summed E-state index contributed by atoms with van der Waals surface area (Å²) in [6.07, 6.45) is 4.23. The lowest BCUT2D eigenvalue weighted by Gasteiger charge is -2.13. The molecule has 2 N–H and O–H groups in total. The van der Waals surface area contributed by atoms with E-state index in [4.69, 9.17) is 16.7 Å². The highest BCUT2D eigenvalue weighted by Crippen LogP contribution is 2.34. The van der Waals surface area contributed by atoms with Crippen LogP contribution in [0.4, 0.5) is 0 Å². The van der Waals surface area contributed by atoms with Crippen molar-refractivity contribution in [3.05, 3.63) is 23.2 Å². The Morgan fingerprint density at radius 2 is 2.27 bits per heavy atom. The number of halogens is 1. The molecular weight excluding hydrogens is 218 g/mol. The van der Waals surface area contributed by atoms with E-state index in [9.17, 15) is 4.79 Å². The summed E-state index contributed by atoms with van der Waals surface area (Å²) in [5.74, 6) is -0.328. The second-order valence-electron chi connectivity index (χ2n) is 3.62. The first-order valence-corrected chi connectivity index (χ1v) is 4.94. The van der Waals surface area contributed by atoms with Gasteiger partial charge in [0.1, 0.15) is 10.8 Å². The Morgan fingerprint density at radius 3 is 2.73 bits per heavy atom. The molecule has 0 aromatic carbocycles. The van der Waals surface area contributed by atoms with Crippen LogP contribution in [0.15, 0.2) is 12.4 Å². The summed E-state index contributed by atoms with van der Waals surface area (Å²) in [7, 11) is 0. The summed E-state index contributed by atoms with van der Waals surface area (Å²) in [6.45, 7) is -0.0419. The van der Waals surface area contributed by atoms with Crippen LogP contribution in [0.3, 0.4) is 0 Å². The SMILES string of the molecule is O=C(NC1(CO)CC1)c1cnc(Cl)cn1. The Bertz CT molecular complexity index is 375. The van der Waals surface area contributed by atoms with Gasteiger partial charge in [0, 0.05) is 0 Å². The Hall–Kier alpha value is -1.20. The lowest BCUT2D eigenvalue weighted by Crippen LogP contribution is -2.39. The zero-order valence-corrected chi connectivity index (χ0v) is 8.66. The van der Waals surface area contributed by atoms with Gasteiger partial charge in [-0.3, -0.25) is 4.79 Å². The van der Waals surface area contributed by atoms with Gasteiger partial charge in [-0.2, -0.15) is 0 Å². The molecule has 0 bridgehead atoms. The maximum atomic E-state index is 11.6. The monoisotopic (exact) mass is 227 g/mol. The van der Waals surface area contributed by atoms with Crippen LogP contribution in [0.2, 0.25) is 5.15 Å². The quantitative estimate of drug-likeness (QED) is 0.783. The molecule has 5 nitrogen and oxygen atoms in total. The Morgan fingerprint density at radius 1 is 1.53 bits per heavy atom. The molecule has 1 aromatic rings. The minimum absolute atomic E-state index is 0.0419. The maximum Gasteiger partial charge on any atom is 0.271 e. The van der Waals surface area contributed by atoms with Gasteiger partial charge in [0.15, 0.2) is 0 Å². The third-order valence-corrected chi connectivity index (χ3v) is 2.58. The third kappa shape index (κ3) is 2.24. The van der Waals surface area contributed by atoms with Gasteiger partial charge in [-0.1, -0.05) is 11.6 Å². The van der Waals surface area contributed by atoms with Crippen molar-refractivity contribution >= 4 is 17.5 Å². The summed E-state index contributed by atoms with van der Waals surface area (Å²) in [6, 6.07) is 0. The van der Waals surface area contributed by atoms with E-state index in [0.29, 0.717) is 0 Å². The Kier molecular flexibility index (Phi) is 2.58. The average molecular weight is 228 g/mol. The number of nitrogens with zero attached hydrogens (tertiary/aromatic N) is 2. The van der Waals surface area contributed by atoms with Crippen molar-refractivity contribution in [2.24, 2.45) is 0 Å². The summed E-state index contributed by atoms with van der Waals surface area (Å²) in [5, 5.41) is 12.0. The van der Waals surface area contributed by atoms with Gasteiger partial charge < -0.3 is 10.4 Å². The maximum absolute atomic E-state index is 11.6. The highest BCUT2D eigenvalue weighted by molar-refractivity contribution is 6.29. The molecular formula is C9H10ClN3O2. The fourth-order valence-electron chi connectivity index (χ4n) is 1.21. The van der Waals surface area contributed by atoms with Gasteiger partial charge in [-0.15, -0.1) is 0 Å². The zero-order valence-electron chi connectivity index (χ0n) is 7.90. The van der Waals surface area contributed by atoms with Gasteiger partial charge in [0.25, 0.3) is 5.91 Å². The van der Waals surface area contributed by atoms with Crippen molar-refractivity contribution in [1.82, 2.24) is 15.3 Å². The number of hydrogen-bond donors (Lipinski definition) is 2. The van der Waals surface area contributed by atoms with Crippen molar-refractivity contribution in [2.75, 3.05) is 6.61 Å². The van der Waals surface area contributed by atoms with Crippen LogP contribution in [-0.2, 0) is 0 Å². The number of carbonyl (C=O) groups is 1. The van der Waals surface area contributed by atoms with Crippen LogP contribution in [0.25, 0.3) is 0 Å². The number of aromatic nitrogens is 2. The molecule has 1 heterocycles. The molecule has 1 amide bonds. The first-order valence-electron chi connectivity index (χ1n) is 4.56. The molecule has 1 aromatic heterocycles. The Balaban J connectivity index is 2.05. The summed E-state index contributed by atoms with van der Waals surface area (Å²) in [4.78, 5) is 19.2. The number of hydrogen-bond acceptors (Lipinski definition) is 4. The van der Waals surface area contributed by atoms with Crippen molar-refractivity contribution in [3.63, 3.8) is 0 Å². The van der Waals surface area contributed by atoms with Gasteiger partial charge in [0.2, 0.25) is 0 Å². The summed E-state index contributed by atoms with van der Waals surface area (Å²) in [5.41, 5.74) is -0.225. The minimum atomic E-state index is -0.432. The first kappa shape index (κ1) is 10.3. The van der Waals surface area contributed by atoms with E-state index < -0.39 is 5.54 Å². The number of aliphatic hydroxyl groups is 1. The summed E-state index contributed by atoms with van der Waals surface area (Å²) >= 11 is 5.54. The standard InChI is InChI=1S/C9H10ClN3O2/c10-7-4-11-6(3-12-7)8(15)13-9(5-14)1-2-9/h3-4,14H,1-2,5H2,(H,13,15). The highest BCUT2D eigenvalue weighted by atomic mass is 35.5. The van der Waals surface area contributed by atoms with Gasteiger partial charge in [-0.25, -0.2) is 9.97 Å². The van der Waals surface area contributed by atoms with Crippen LogP contribution in [-0.4, -0.2) is 33.1 Å². The molecule has 80 valence electrons.